The summed E-state index contributed by atoms with van der Waals surface area (Å²) in [5, 5.41) is 2.69. The molecule has 1 atom stereocenters. The Kier molecular flexibility index (Phi) is 10.0. The second kappa shape index (κ2) is 14.4. The lowest BCUT2D eigenvalue weighted by molar-refractivity contribution is -0.142. The first-order valence-corrected chi connectivity index (χ1v) is 18.8. The SMILES string of the molecule is COC(=O)C[C@@H](CC(=O)/C=C\c1cccc2nc(C3CC3)cc(-c3ccc(F)cc3)c12)O[Si](c1ccccc1)(c1ccccc1)C(C)(C)C. The van der Waals surface area contributed by atoms with Gasteiger partial charge in [-0.25, -0.2) is 4.39 Å². The van der Waals surface area contributed by atoms with Crippen molar-refractivity contribution in [3.8, 4) is 11.1 Å². The van der Waals surface area contributed by atoms with Gasteiger partial charge in [-0.05, 0) is 75.3 Å². The first kappa shape index (κ1) is 34.2. The van der Waals surface area contributed by atoms with E-state index >= 15 is 0 Å². The average molecular weight is 672 g/mol. The quantitative estimate of drug-likeness (QED) is 0.0758. The molecule has 49 heavy (non-hydrogen) atoms. The lowest BCUT2D eigenvalue weighted by Crippen LogP contribution is -2.67. The zero-order chi connectivity index (χ0) is 34.6. The highest BCUT2D eigenvalue weighted by Gasteiger charge is 2.51. The van der Waals surface area contributed by atoms with Crippen LogP contribution in [0.25, 0.3) is 28.1 Å². The Bertz CT molecular complexity index is 1930. The highest BCUT2D eigenvalue weighted by molar-refractivity contribution is 6.99. The molecule has 6 rings (SSSR count). The van der Waals surface area contributed by atoms with Crippen molar-refractivity contribution in [2.45, 2.75) is 63.5 Å². The van der Waals surface area contributed by atoms with Gasteiger partial charge in [0.25, 0.3) is 8.32 Å². The van der Waals surface area contributed by atoms with Crippen molar-refractivity contribution >= 4 is 47.4 Å². The van der Waals surface area contributed by atoms with Gasteiger partial charge in [0.15, 0.2) is 5.78 Å². The Morgan fingerprint density at radius 1 is 0.878 bits per heavy atom. The minimum Gasteiger partial charge on any atom is -0.469 e. The number of nitrogens with zero attached hydrogens (tertiary/aromatic N) is 1. The largest absolute Gasteiger partial charge is 0.469 e. The monoisotopic (exact) mass is 671 g/mol. The van der Waals surface area contributed by atoms with Crippen molar-refractivity contribution in [3.63, 3.8) is 0 Å². The zero-order valence-electron chi connectivity index (χ0n) is 28.5. The minimum atomic E-state index is -3.06. The smallest absolute Gasteiger partial charge is 0.308 e. The summed E-state index contributed by atoms with van der Waals surface area (Å²) in [7, 11) is -1.71. The van der Waals surface area contributed by atoms with Crippen LogP contribution in [-0.4, -0.2) is 38.3 Å². The number of hydrogen-bond acceptors (Lipinski definition) is 5. The fraction of sp³-hybridized carbons (Fsp3) is 0.262. The van der Waals surface area contributed by atoms with Crippen molar-refractivity contribution in [2.75, 3.05) is 7.11 Å². The van der Waals surface area contributed by atoms with Crippen LogP contribution in [0.15, 0.2) is 115 Å². The number of fused-ring (bicyclic) bond motifs is 1. The van der Waals surface area contributed by atoms with E-state index in [1.807, 2.05) is 60.7 Å². The number of carbonyl (C=O) groups is 2. The molecule has 0 aliphatic heterocycles. The topological polar surface area (TPSA) is 65.5 Å². The molecule has 1 aliphatic rings. The third-order valence-electron chi connectivity index (χ3n) is 9.30. The van der Waals surface area contributed by atoms with E-state index in [9.17, 15) is 14.0 Å². The fourth-order valence-corrected chi connectivity index (χ4v) is 11.4. The molecular formula is C42H42FNO4Si. The van der Waals surface area contributed by atoms with Crippen LogP contribution < -0.4 is 10.4 Å². The van der Waals surface area contributed by atoms with Gasteiger partial charge in [-0.3, -0.25) is 14.6 Å². The molecule has 0 saturated heterocycles. The summed E-state index contributed by atoms with van der Waals surface area (Å²) in [5.41, 5.74) is 4.54. The van der Waals surface area contributed by atoms with Gasteiger partial charge in [-0.2, -0.15) is 0 Å². The van der Waals surface area contributed by atoms with Gasteiger partial charge in [0, 0.05) is 23.4 Å². The molecule has 0 bridgehead atoms. The van der Waals surface area contributed by atoms with Crippen molar-refractivity contribution in [2.24, 2.45) is 0 Å². The number of ketones is 1. The molecule has 5 aromatic rings. The van der Waals surface area contributed by atoms with E-state index in [1.54, 1.807) is 18.2 Å². The van der Waals surface area contributed by atoms with Crippen LogP contribution >= 0.6 is 0 Å². The van der Waals surface area contributed by atoms with Crippen LogP contribution in [0.3, 0.4) is 0 Å². The number of pyridine rings is 1. The number of ether oxygens (including phenoxy) is 1. The summed E-state index contributed by atoms with van der Waals surface area (Å²) in [6.07, 6.45) is 4.82. The molecule has 0 N–H and O–H groups in total. The van der Waals surface area contributed by atoms with E-state index in [2.05, 4.69) is 51.1 Å². The molecule has 0 radical (unpaired) electrons. The summed E-state index contributed by atoms with van der Waals surface area (Å²) in [4.78, 5) is 31.6. The molecule has 1 saturated carbocycles. The number of rotatable bonds is 12. The zero-order valence-corrected chi connectivity index (χ0v) is 29.5. The molecule has 250 valence electrons. The van der Waals surface area contributed by atoms with Gasteiger partial charge in [0.05, 0.1) is 25.2 Å². The molecule has 0 spiro atoms. The molecule has 1 fully saturated rings. The van der Waals surface area contributed by atoms with Crippen LogP contribution in [0.5, 0.6) is 0 Å². The summed E-state index contributed by atoms with van der Waals surface area (Å²) in [6.45, 7) is 6.49. The maximum Gasteiger partial charge on any atom is 0.308 e. The van der Waals surface area contributed by atoms with E-state index in [-0.39, 0.29) is 29.5 Å². The summed E-state index contributed by atoms with van der Waals surface area (Å²) < 4.78 is 26.2. The van der Waals surface area contributed by atoms with Crippen LogP contribution in [-0.2, 0) is 18.8 Å². The fourth-order valence-electron chi connectivity index (χ4n) is 6.76. The molecule has 1 heterocycles. The van der Waals surface area contributed by atoms with Gasteiger partial charge >= 0.3 is 5.97 Å². The molecule has 0 amide bonds. The maximum absolute atomic E-state index is 13.9. The third kappa shape index (κ3) is 7.48. The molecule has 7 heteroatoms. The minimum absolute atomic E-state index is 0.00421. The van der Waals surface area contributed by atoms with Crippen molar-refractivity contribution in [1.29, 1.82) is 0 Å². The second-order valence-electron chi connectivity index (χ2n) is 13.8. The number of allylic oxidation sites excluding steroid dienone is 1. The number of methoxy groups -OCH3 is 1. The Labute approximate surface area is 289 Å². The number of halogens is 1. The Morgan fingerprint density at radius 2 is 1.51 bits per heavy atom. The number of benzene rings is 4. The molecule has 1 aliphatic carbocycles. The van der Waals surface area contributed by atoms with E-state index in [4.69, 9.17) is 14.1 Å². The van der Waals surface area contributed by atoms with E-state index in [0.29, 0.717) is 5.92 Å². The van der Waals surface area contributed by atoms with Crippen LogP contribution in [0.4, 0.5) is 4.39 Å². The van der Waals surface area contributed by atoms with Gasteiger partial charge < -0.3 is 9.16 Å². The van der Waals surface area contributed by atoms with Crippen molar-refractivity contribution in [3.05, 3.63) is 132 Å². The first-order valence-electron chi connectivity index (χ1n) is 16.9. The normalized spacial score (nSPS) is 14.2. The maximum atomic E-state index is 13.9. The highest BCUT2D eigenvalue weighted by atomic mass is 28.4. The van der Waals surface area contributed by atoms with Crippen LogP contribution in [0.1, 0.15) is 63.6 Å². The first-order chi connectivity index (χ1) is 23.6. The lowest BCUT2D eigenvalue weighted by atomic mass is 9.95. The number of hydrogen-bond donors (Lipinski definition) is 0. The second-order valence-corrected chi connectivity index (χ2v) is 18.1. The van der Waals surface area contributed by atoms with E-state index < -0.39 is 20.4 Å². The van der Waals surface area contributed by atoms with Crippen LogP contribution in [0, 0.1) is 5.82 Å². The van der Waals surface area contributed by atoms with Gasteiger partial charge in [-0.15, -0.1) is 0 Å². The van der Waals surface area contributed by atoms with Crippen molar-refractivity contribution in [1.82, 2.24) is 4.98 Å². The third-order valence-corrected chi connectivity index (χ3v) is 14.4. The highest BCUT2D eigenvalue weighted by Crippen LogP contribution is 2.43. The summed E-state index contributed by atoms with van der Waals surface area (Å²) >= 11 is 0. The Hall–Kier alpha value is -4.72. The number of esters is 1. The van der Waals surface area contributed by atoms with Gasteiger partial charge in [0.2, 0.25) is 0 Å². The predicted octanol–water partition coefficient (Wildman–Crippen LogP) is 8.40. The summed E-state index contributed by atoms with van der Waals surface area (Å²) in [6, 6.07) is 34.8. The van der Waals surface area contributed by atoms with Crippen LogP contribution in [0.2, 0.25) is 5.04 Å². The molecular weight excluding hydrogens is 630 g/mol. The van der Waals surface area contributed by atoms with Gasteiger partial charge in [0.1, 0.15) is 5.82 Å². The van der Waals surface area contributed by atoms with E-state index in [1.165, 1.54) is 19.2 Å². The predicted molar refractivity (Wildman–Crippen MR) is 197 cm³/mol. The molecule has 0 unspecified atom stereocenters. The average Bonchev–Trinajstić information content (AvgIpc) is 3.96. The molecule has 4 aromatic carbocycles. The Balaban J connectivity index is 1.36. The molecule has 1 aromatic heterocycles. The standard InChI is InChI=1S/C42H42FNO4Si/c1-42(2,3)49(35-13-7-5-8-14-35,36-15-9-6-10-16-36)48-34(27-40(46)47-4)26-33(45)25-22-31-12-11-17-38-41(31)37(28-39(44-38)30-18-19-30)29-20-23-32(43)24-21-29/h5-17,20-25,28,30,34H,18-19,26-27H2,1-4H3/b25-22-/t34-/m1/s1. The number of carbonyl (C=O) groups excluding carboxylic acids is 2. The molecule has 5 nitrogen and oxygen atoms in total. The Morgan fingerprint density at radius 3 is 2.08 bits per heavy atom. The van der Waals surface area contributed by atoms with E-state index in [0.717, 1.165) is 56.5 Å². The van der Waals surface area contributed by atoms with Crippen molar-refractivity contribution < 1.29 is 23.1 Å². The number of aromatic nitrogens is 1. The lowest BCUT2D eigenvalue weighted by Gasteiger charge is -2.45. The van der Waals surface area contributed by atoms with Gasteiger partial charge in [-0.1, -0.05) is 112 Å². The summed E-state index contributed by atoms with van der Waals surface area (Å²) in [5.74, 6) is -0.464.